The van der Waals surface area contributed by atoms with Crippen LogP contribution in [-0.4, -0.2) is 30.6 Å². The minimum absolute atomic E-state index is 0.0209. The highest BCUT2D eigenvalue weighted by molar-refractivity contribution is 5.78. The summed E-state index contributed by atoms with van der Waals surface area (Å²) in [5.74, 6) is 0.0950. The van der Waals surface area contributed by atoms with Gasteiger partial charge in [0.05, 0.1) is 7.11 Å². The summed E-state index contributed by atoms with van der Waals surface area (Å²) in [5.41, 5.74) is 0.959. The number of carboxylic acids is 1. The van der Waals surface area contributed by atoms with Gasteiger partial charge in [0.1, 0.15) is 5.75 Å². The van der Waals surface area contributed by atoms with E-state index in [9.17, 15) is 9.59 Å². The number of carbonyl (C=O) groups excluding carboxylic acids is 1. The molecule has 0 aliphatic heterocycles. The van der Waals surface area contributed by atoms with E-state index in [0.29, 0.717) is 13.0 Å². The van der Waals surface area contributed by atoms with Gasteiger partial charge in [-0.25, -0.2) is 0 Å². The molecule has 0 bridgehead atoms. The van der Waals surface area contributed by atoms with Gasteiger partial charge in [-0.2, -0.15) is 0 Å². The van der Waals surface area contributed by atoms with Crippen molar-refractivity contribution in [3.05, 3.63) is 35.9 Å². The fraction of sp³-hybridized carbons (Fsp3) is 0.500. The summed E-state index contributed by atoms with van der Waals surface area (Å²) in [5, 5.41) is 11.5. The largest absolute Gasteiger partial charge is 0.496 e. The lowest BCUT2D eigenvalue weighted by atomic mass is 10.1. The summed E-state index contributed by atoms with van der Waals surface area (Å²) < 4.78 is 5.26. The first-order valence-electron chi connectivity index (χ1n) is 8.91. The molecule has 1 aromatic rings. The van der Waals surface area contributed by atoms with Gasteiger partial charge >= 0.3 is 5.97 Å². The van der Waals surface area contributed by atoms with Crippen molar-refractivity contribution < 1.29 is 19.4 Å². The van der Waals surface area contributed by atoms with Crippen molar-refractivity contribution in [3.8, 4) is 5.75 Å². The molecule has 1 aromatic carbocycles. The molecule has 0 fully saturated rings. The van der Waals surface area contributed by atoms with Crippen LogP contribution in [0.5, 0.6) is 5.75 Å². The fourth-order valence-corrected chi connectivity index (χ4v) is 2.51. The fourth-order valence-electron chi connectivity index (χ4n) is 2.51. The van der Waals surface area contributed by atoms with E-state index >= 15 is 0 Å². The monoisotopic (exact) mass is 347 g/mol. The van der Waals surface area contributed by atoms with Crippen molar-refractivity contribution in [2.45, 2.75) is 51.4 Å². The molecule has 2 N–H and O–H groups in total. The number of unbranched alkanes of at least 4 members (excludes halogenated alkanes) is 5. The predicted molar refractivity (Wildman–Crippen MR) is 99.6 cm³/mol. The van der Waals surface area contributed by atoms with E-state index in [-0.39, 0.29) is 12.3 Å². The quantitative estimate of drug-likeness (QED) is 0.528. The zero-order valence-corrected chi connectivity index (χ0v) is 15.0. The number of para-hydroxylation sites is 1. The van der Waals surface area contributed by atoms with Crippen molar-refractivity contribution in [1.82, 2.24) is 5.32 Å². The van der Waals surface area contributed by atoms with Gasteiger partial charge < -0.3 is 15.2 Å². The molecule has 0 radical (unpaired) electrons. The SMILES string of the molecule is COc1ccccc1/C=C/CC(=O)NCCCCCCCCC(=O)O. The van der Waals surface area contributed by atoms with Crippen LogP contribution in [0.25, 0.3) is 6.08 Å². The van der Waals surface area contributed by atoms with Gasteiger partial charge in [-0.1, -0.05) is 56.0 Å². The minimum atomic E-state index is -0.720. The lowest BCUT2D eigenvalue weighted by molar-refractivity contribution is -0.137. The van der Waals surface area contributed by atoms with Gasteiger partial charge in [-0.05, 0) is 18.9 Å². The predicted octanol–water partition coefficient (Wildman–Crippen LogP) is 4.03. The number of carboxylic acid groups (broad SMARTS) is 1. The smallest absolute Gasteiger partial charge is 0.303 e. The average molecular weight is 347 g/mol. The Kier molecular flexibility index (Phi) is 10.8. The van der Waals surface area contributed by atoms with E-state index in [1.807, 2.05) is 36.4 Å². The summed E-state index contributed by atoms with van der Waals surface area (Å²) in [7, 11) is 1.63. The third-order valence-corrected chi connectivity index (χ3v) is 3.88. The number of hydrogen-bond acceptors (Lipinski definition) is 3. The third kappa shape index (κ3) is 10.2. The number of amides is 1. The van der Waals surface area contributed by atoms with E-state index in [2.05, 4.69) is 5.32 Å². The summed E-state index contributed by atoms with van der Waals surface area (Å²) in [4.78, 5) is 22.2. The summed E-state index contributed by atoms with van der Waals surface area (Å²) in [6.07, 6.45) is 10.2. The standard InChI is InChI=1S/C20H29NO4/c1-25-18-13-8-7-11-17(18)12-10-14-19(22)21-16-9-5-3-2-4-6-15-20(23)24/h7-8,10-13H,2-6,9,14-16H2,1H3,(H,21,22)(H,23,24)/b12-10+. The molecule has 0 spiro atoms. The number of carbonyl (C=O) groups is 2. The van der Waals surface area contributed by atoms with Crippen LogP contribution in [0.2, 0.25) is 0 Å². The minimum Gasteiger partial charge on any atom is -0.496 e. The molecule has 138 valence electrons. The van der Waals surface area contributed by atoms with Crippen LogP contribution < -0.4 is 10.1 Å². The number of nitrogens with one attached hydrogen (secondary N) is 1. The Morgan fingerprint density at radius 1 is 1.08 bits per heavy atom. The molecule has 0 aliphatic carbocycles. The van der Waals surface area contributed by atoms with Crippen LogP contribution in [0.1, 0.15) is 56.9 Å². The summed E-state index contributed by atoms with van der Waals surface area (Å²) >= 11 is 0. The first-order valence-corrected chi connectivity index (χ1v) is 8.91. The Morgan fingerprint density at radius 2 is 1.76 bits per heavy atom. The lowest BCUT2D eigenvalue weighted by Gasteiger charge is -2.05. The van der Waals surface area contributed by atoms with E-state index in [4.69, 9.17) is 9.84 Å². The topological polar surface area (TPSA) is 75.6 Å². The van der Waals surface area contributed by atoms with Crippen LogP contribution in [-0.2, 0) is 9.59 Å². The Morgan fingerprint density at radius 3 is 2.48 bits per heavy atom. The van der Waals surface area contributed by atoms with Crippen molar-refractivity contribution >= 4 is 18.0 Å². The Hall–Kier alpha value is -2.30. The Balaban J connectivity index is 2.05. The number of ether oxygens (including phenoxy) is 1. The van der Waals surface area contributed by atoms with Gasteiger partial charge in [0.2, 0.25) is 5.91 Å². The molecule has 5 heteroatoms. The van der Waals surface area contributed by atoms with E-state index in [1.54, 1.807) is 7.11 Å². The van der Waals surface area contributed by atoms with Crippen LogP contribution in [0.4, 0.5) is 0 Å². The van der Waals surface area contributed by atoms with Gasteiger partial charge in [0.25, 0.3) is 0 Å². The molecule has 0 atom stereocenters. The molecular weight excluding hydrogens is 318 g/mol. The van der Waals surface area contributed by atoms with Crippen molar-refractivity contribution in [1.29, 1.82) is 0 Å². The zero-order valence-electron chi connectivity index (χ0n) is 15.0. The second-order valence-electron chi connectivity index (χ2n) is 5.96. The molecular formula is C20H29NO4. The van der Waals surface area contributed by atoms with Gasteiger partial charge in [-0.15, -0.1) is 0 Å². The van der Waals surface area contributed by atoms with Crippen LogP contribution in [0.3, 0.4) is 0 Å². The molecule has 0 heterocycles. The van der Waals surface area contributed by atoms with Crippen molar-refractivity contribution in [2.24, 2.45) is 0 Å². The number of rotatable bonds is 13. The molecule has 0 aromatic heterocycles. The van der Waals surface area contributed by atoms with Gasteiger partial charge in [0, 0.05) is 24.9 Å². The second-order valence-corrected chi connectivity index (χ2v) is 5.96. The van der Waals surface area contributed by atoms with Gasteiger partial charge in [0.15, 0.2) is 0 Å². The number of methoxy groups -OCH3 is 1. The van der Waals surface area contributed by atoms with Gasteiger partial charge in [-0.3, -0.25) is 9.59 Å². The third-order valence-electron chi connectivity index (χ3n) is 3.88. The maximum atomic E-state index is 11.8. The number of aliphatic carboxylic acids is 1. The Labute approximate surface area is 150 Å². The average Bonchev–Trinajstić information content (AvgIpc) is 2.60. The van der Waals surface area contributed by atoms with Crippen LogP contribution in [0.15, 0.2) is 30.3 Å². The lowest BCUT2D eigenvalue weighted by Crippen LogP contribution is -2.23. The first kappa shape index (κ1) is 20.7. The molecule has 25 heavy (non-hydrogen) atoms. The van der Waals surface area contributed by atoms with E-state index in [0.717, 1.165) is 49.8 Å². The molecule has 1 amide bonds. The molecule has 0 unspecified atom stereocenters. The molecule has 0 saturated heterocycles. The highest BCUT2D eigenvalue weighted by Gasteiger charge is 2.00. The molecule has 1 rings (SSSR count). The first-order chi connectivity index (χ1) is 12.1. The second kappa shape index (κ2) is 13.0. The maximum absolute atomic E-state index is 11.8. The van der Waals surface area contributed by atoms with Crippen LogP contribution in [0, 0.1) is 0 Å². The van der Waals surface area contributed by atoms with E-state index in [1.165, 1.54) is 0 Å². The highest BCUT2D eigenvalue weighted by Crippen LogP contribution is 2.18. The Bertz CT molecular complexity index is 554. The van der Waals surface area contributed by atoms with Crippen molar-refractivity contribution in [3.63, 3.8) is 0 Å². The van der Waals surface area contributed by atoms with Crippen molar-refractivity contribution in [2.75, 3.05) is 13.7 Å². The number of hydrogen-bond donors (Lipinski definition) is 2. The summed E-state index contributed by atoms with van der Waals surface area (Å²) in [6, 6.07) is 7.68. The van der Waals surface area contributed by atoms with Crippen LogP contribution >= 0.6 is 0 Å². The maximum Gasteiger partial charge on any atom is 0.303 e. The molecule has 0 saturated carbocycles. The van der Waals surface area contributed by atoms with E-state index < -0.39 is 5.97 Å². The molecule has 0 aliphatic rings. The normalized spacial score (nSPS) is 10.8. The molecule has 5 nitrogen and oxygen atoms in total. The summed E-state index contributed by atoms with van der Waals surface area (Å²) in [6.45, 7) is 0.691. The number of benzene rings is 1. The highest BCUT2D eigenvalue weighted by atomic mass is 16.5. The zero-order chi connectivity index (χ0) is 18.3.